The SMILES string of the molecule is CC(N)C(O)c1coc2ccncc12. The summed E-state index contributed by atoms with van der Waals surface area (Å²) in [6.45, 7) is 1.75. The average Bonchev–Trinajstić information content (AvgIpc) is 2.60. The smallest absolute Gasteiger partial charge is 0.137 e. The highest BCUT2D eigenvalue weighted by Crippen LogP contribution is 2.26. The highest BCUT2D eigenvalue weighted by molar-refractivity contribution is 5.80. The molecule has 0 saturated carbocycles. The van der Waals surface area contributed by atoms with Crippen LogP contribution < -0.4 is 5.73 Å². The number of fused-ring (bicyclic) bond motifs is 1. The second kappa shape index (κ2) is 3.40. The van der Waals surface area contributed by atoms with Crippen LogP contribution in [-0.4, -0.2) is 16.1 Å². The van der Waals surface area contributed by atoms with Crippen molar-refractivity contribution < 1.29 is 9.52 Å². The van der Waals surface area contributed by atoms with E-state index in [4.69, 9.17) is 10.2 Å². The molecule has 0 radical (unpaired) electrons. The molecule has 3 N–H and O–H groups in total. The molecule has 0 aromatic carbocycles. The first-order valence-electron chi connectivity index (χ1n) is 4.45. The van der Waals surface area contributed by atoms with Gasteiger partial charge >= 0.3 is 0 Å². The second-order valence-electron chi connectivity index (χ2n) is 3.37. The topological polar surface area (TPSA) is 72.3 Å². The molecule has 0 bridgehead atoms. The van der Waals surface area contributed by atoms with Crippen molar-refractivity contribution in [3.05, 3.63) is 30.3 Å². The molecule has 2 atom stereocenters. The monoisotopic (exact) mass is 192 g/mol. The summed E-state index contributed by atoms with van der Waals surface area (Å²) in [5.74, 6) is 0. The van der Waals surface area contributed by atoms with Crippen LogP contribution in [0.1, 0.15) is 18.6 Å². The quantitative estimate of drug-likeness (QED) is 0.750. The van der Waals surface area contributed by atoms with Crippen LogP contribution in [0.5, 0.6) is 0 Å². The van der Waals surface area contributed by atoms with Gasteiger partial charge in [-0.1, -0.05) is 0 Å². The van der Waals surface area contributed by atoms with E-state index >= 15 is 0 Å². The van der Waals surface area contributed by atoms with Crippen molar-refractivity contribution in [2.75, 3.05) is 0 Å². The molecule has 0 aliphatic rings. The minimum Gasteiger partial charge on any atom is -0.464 e. The van der Waals surface area contributed by atoms with Crippen LogP contribution >= 0.6 is 0 Å². The van der Waals surface area contributed by atoms with Crippen LogP contribution in [0.15, 0.2) is 29.1 Å². The van der Waals surface area contributed by atoms with E-state index in [9.17, 15) is 5.11 Å². The number of aliphatic hydroxyl groups excluding tert-OH is 1. The number of nitrogens with zero attached hydrogens (tertiary/aromatic N) is 1. The van der Waals surface area contributed by atoms with E-state index in [1.54, 1.807) is 25.4 Å². The lowest BCUT2D eigenvalue weighted by Gasteiger charge is -2.12. The molecule has 4 heteroatoms. The first-order chi connectivity index (χ1) is 6.70. The maximum Gasteiger partial charge on any atom is 0.137 e. The highest BCUT2D eigenvalue weighted by atomic mass is 16.3. The normalized spacial score (nSPS) is 15.6. The van der Waals surface area contributed by atoms with Crippen molar-refractivity contribution in [2.45, 2.75) is 19.1 Å². The van der Waals surface area contributed by atoms with Crippen molar-refractivity contribution in [3.8, 4) is 0 Å². The lowest BCUT2D eigenvalue weighted by Crippen LogP contribution is -2.24. The average molecular weight is 192 g/mol. The van der Waals surface area contributed by atoms with Crippen LogP contribution in [0, 0.1) is 0 Å². The number of furan rings is 1. The van der Waals surface area contributed by atoms with Gasteiger partial charge in [-0.2, -0.15) is 0 Å². The van der Waals surface area contributed by atoms with Crippen LogP contribution in [0.4, 0.5) is 0 Å². The number of nitrogens with two attached hydrogens (primary N) is 1. The number of aliphatic hydroxyl groups is 1. The lowest BCUT2D eigenvalue weighted by atomic mass is 10.0. The summed E-state index contributed by atoms with van der Waals surface area (Å²) in [6, 6.07) is 1.43. The maximum absolute atomic E-state index is 9.77. The van der Waals surface area contributed by atoms with E-state index < -0.39 is 6.10 Å². The zero-order chi connectivity index (χ0) is 10.1. The summed E-state index contributed by atoms with van der Waals surface area (Å²) in [6.07, 6.45) is 4.13. The summed E-state index contributed by atoms with van der Waals surface area (Å²) in [5, 5.41) is 10.6. The van der Waals surface area contributed by atoms with Gasteiger partial charge in [0.2, 0.25) is 0 Å². The molecule has 2 aromatic rings. The Balaban J connectivity index is 2.53. The number of pyridine rings is 1. The Hall–Kier alpha value is -1.39. The standard InChI is InChI=1S/C10H12N2O2/c1-6(11)10(13)8-5-14-9-2-3-12-4-7(8)9/h2-6,10,13H,11H2,1H3. The fourth-order valence-electron chi connectivity index (χ4n) is 1.40. The van der Waals surface area contributed by atoms with Crippen molar-refractivity contribution in [1.82, 2.24) is 4.98 Å². The van der Waals surface area contributed by atoms with Gasteiger partial charge in [-0.25, -0.2) is 0 Å². The molecule has 2 unspecified atom stereocenters. The molecule has 0 aliphatic heterocycles. The van der Waals surface area contributed by atoms with Gasteiger partial charge in [-0.3, -0.25) is 4.98 Å². The van der Waals surface area contributed by atoms with Gasteiger partial charge in [0.05, 0.1) is 12.4 Å². The zero-order valence-corrected chi connectivity index (χ0v) is 7.84. The molecule has 74 valence electrons. The van der Waals surface area contributed by atoms with Gasteiger partial charge in [0, 0.05) is 29.4 Å². The zero-order valence-electron chi connectivity index (χ0n) is 7.84. The Bertz CT molecular complexity index is 436. The second-order valence-corrected chi connectivity index (χ2v) is 3.37. The third kappa shape index (κ3) is 1.38. The first kappa shape index (κ1) is 9.18. The van der Waals surface area contributed by atoms with Crippen LogP contribution in [0.25, 0.3) is 11.0 Å². The molecule has 0 fully saturated rings. The molecular formula is C10H12N2O2. The van der Waals surface area contributed by atoms with Crippen LogP contribution in [-0.2, 0) is 0 Å². The van der Waals surface area contributed by atoms with Gasteiger partial charge in [0.1, 0.15) is 5.58 Å². The van der Waals surface area contributed by atoms with Crippen molar-refractivity contribution in [3.63, 3.8) is 0 Å². The summed E-state index contributed by atoms with van der Waals surface area (Å²) in [5.41, 5.74) is 7.02. The molecule has 0 aliphatic carbocycles. The Morgan fingerprint density at radius 3 is 3.07 bits per heavy atom. The molecule has 0 saturated heterocycles. The summed E-state index contributed by atoms with van der Waals surface area (Å²) in [7, 11) is 0. The minimum atomic E-state index is -0.708. The molecule has 14 heavy (non-hydrogen) atoms. The van der Waals surface area contributed by atoms with Crippen molar-refractivity contribution in [2.24, 2.45) is 5.73 Å². The fourth-order valence-corrected chi connectivity index (χ4v) is 1.40. The van der Waals surface area contributed by atoms with Gasteiger partial charge in [0.15, 0.2) is 0 Å². The summed E-state index contributed by atoms with van der Waals surface area (Å²) < 4.78 is 5.26. The maximum atomic E-state index is 9.77. The Morgan fingerprint density at radius 2 is 2.36 bits per heavy atom. The van der Waals surface area contributed by atoms with Gasteiger partial charge in [-0.15, -0.1) is 0 Å². The predicted octanol–water partition coefficient (Wildman–Crippen LogP) is 1.21. The van der Waals surface area contributed by atoms with Crippen molar-refractivity contribution in [1.29, 1.82) is 0 Å². The Kier molecular flexibility index (Phi) is 2.23. The van der Waals surface area contributed by atoms with Crippen molar-refractivity contribution >= 4 is 11.0 Å². The number of hydrogen-bond acceptors (Lipinski definition) is 4. The van der Waals surface area contributed by atoms with E-state index in [0.29, 0.717) is 5.56 Å². The highest BCUT2D eigenvalue weighted by Gasteiger charge is 2.17. The fraction of sp³-hybridized carbons (Fsp3) is 0.300. The van der Waals surface area contributed by atoms with Crippen LogP contribution in [0.2, 0.25) is 0 Å². The molecule has 0 amide bonds. The van der Waals surface area contributed by atoms with E-state index in [2.05, 4.69) is 4.98 Å². The number of rotatable bonds is 2. The van der Waals surface area contributed by atoms with E-state index in [-0.39, 0.29) is 6.04 Å². The lowest BCUT2D eigenvalue weighted by molar-refractivity contribution is 0.154. The molecule has 2 rings (SSSR count). The first-order valence-corrected chi connectivity index (χ1v) is 4.45. The third-order valence-electron chi connectivity index (χ3n) is 2.22. The third-order valence-corrected chi connectivity index (χ3v) is 2.22. The predicted molar refractivity (Wildman–Crippen MR) is 52.6 cm³/mol. The Labute approximate surface area is 81.4 Å². The number of aromatic nitrogens is 1. The summed E-state index contributed by atoms with van der Waals surface area (Å²) in [4.78, 5) is 3.98. The largest absolute Gasteiger partial charge is 0.464 e. The molecular weight excluding hydrogens is 180 g/mol. The van der Waals surface area contributed by atoms with Gasteiger partial charge < -0.3 is 15.3 Å². The summed E-state index contributed by atoms with van der Waals surface area (Å²) >= 11 is 0. The molecule has 0 spiro atoms. The van der Waals surface area contributed by atoms with E-state index in [0.717, 1.165) is 11.0 Å². The van der Waals surface area contributed by atoms with Crippen LogP contribution in [0.3, 0.4) is 0 Å². The molecule has 4 nitrogen and oxygen atoms in total. The Morgan fingerprint density at radius 1 is 1.57 bits per heavy atom. The van der Waals surface area contributed by atoms with Gasteiger partial charge in [0.25, 0.3) is 0 Å². The number of hydrogen-bond donors (Lipinski definition) is 2. The van der Waals surface area contributed by atoms with Gasteiger partial charge in [-0.05, 0) is 13.0 Å². The van der Waals surface area contributed by atoms with E-state index in [1.165, 1.54) is 6.26 Å². The van der Waals surface area contributed by atoms with E-state index in [1.807, 2.05) is 0 Å². The minimum absolute atomic E-state index is 0.323. The molecule has 2 aromatic heterocycles. The molecule has 2 heterocycles.